The van der Waals surface area contributed by atoms with E-state index in [1.807, 2.05) is 32.9 Å². The van der Waals surface area contributed by atoms with Crippen LogP contribution >= 0.6 is 15.9 Å². The molecule has 0 amide bonds. The largest absolute Gasteiger partial charge is 0.326 e. The van der Waals surface area contributed by atoms with Gasteiger partial charge in [0.25, 0.3) is 0 Å². The third-order valence-corrected chi connectivity index (χ3v) is 6.30. The molecule has 1 aromatic rings. The quantitative estimate of drug-likeness (QED) is 0.188. The van der Waals surface area contributed by atoms with Crippen molar-refractivity contribution >= 4 is 21.5 Å². The van der Waals surface area contributed by atoms with Gasteiger partial charge in [0.2, 0.25) is 0 Å². The van der Waals surface area contributed by atoms with Crippen LogP contribution in [-0.2, 0) is 13.1 Å². The molecule has 1 aromatic heterocycles. The molecule has 0 bridgehead atoms. The number of imidazole rings is 1. The van der Waals surface area contributed by atoms with E-state index in [0.29, 0.717) is 0 Å². The van der Waals surface area contributed by atoms with Gasteiger partial charge in [0.15, 0.2) is 0 Å². The Labute approximate surface area is 231 Å². The van der Waals surface area contributed by atoms with Gasteiger partial charge in [-0.05, 0) is 80.7 Å². The molecular formula is C32H52BrN3. The first-order valence-electron chi connectivity index (χ1n) is 14.1. The molecule has 202 valence electrons. The first kappa shape index (κ1) is 34.1. The Morgan fingerprint density at radius 2 is 1.89 bits per heavy atom. The average molecular weight is 559 g/mol. The summed E-state index contributed by atoms with van der Waals surface area (Å²) in [6.45, 7) is 21.2. The molecule has 0 unspecified atom stereocenters. The SMILES string of the molecule is C/C=C\C(C)=C/CC.CC.CCCCN(CC)Cc1c(Br)nc(/C2=C/C/C=C\C=C=C2)n1CCCC. The highest BCUT2D eigenvalue weighted by Gasteiger charge is 2.19. The molecule has 0 N–H and O–H groups in total. The molecule has 1 aliphatic carbocycles. The molecule has 0 radical (unpaired) electrons. The lowest BCUT2D eigenvalue weighted by atomic mass is 10.1. The Hall–Kier alpha value is -1.87. The van der Waals surface area contributed by atoms with Crippen molar-refractivity contribution in [2.45, 2.75) is 107 Å². The van der Waals surface area contributed by atoms with Crippen molar-refractivity contribution < 1.29 is 0 Å². The van der Waals surface area contributed by atoms with Gasteiger partial charge in [-0.2, -0.15) is 0 Å². The zero-order valence-electron chi connectivity index (χ0n) is 24.4. The molecule has 0 fully saturated rings. The van der Waals surface area contributed by atoms with Crippen LogP contribution in [0.15, 0.2) is 64.5 Å². The molecule has 0 aliphatic heterocycles. The normalized spacial score (nSPS) is 15.5. The van der Waals surface area contributed by atoms with E-state index in [1.165, 1.54) is 30.5 Å². The predicted octanol–water partition coefficient (Wildman–Crippen LogP) is 10.1. The van der Waals surface area contributed by atoms with Crippen molar-refractivity contribution in [2.24, 2.45) is 0 Å². The molecule has 3 nitrogen and oxygen atoms in total. The fourth-order valence-corrected chi connectivity index (χ4v) is 4.24. The van der Waals surface area contributed by atoms with Crippen LogP contribution in [0.4, 0.5) is 0 Å². The fraction of sp³-hybridized carbons (Fsp3) is 0.562. The molecule has 36 heavy (non-hydrogen) atoms. The number of allylic oxidation sites excluding steroid dienone is 9. The summed E-state index contributed by atoms with van der Waals surface area (Å²) in [5, 5.41) is 0. The summed E-state index contributed by atoms with van der Waals surface area (Å²) >= 11 is 3.75. The van der Waals surface area contributed by atoms with Gasteiger partial charge in [-0.3, -0.25) is 4.90 Å². The lowest BCUT2D eigenvalue weighted by Gasteiger charge is -2.22. The number of hydrogen-bond acceptors (Lipinski definition) is 2. The summed E-state index contributed by atoms with van der Waals surface area (Å²) in [4.78, 5) is 7.42. The highest BCUT2D eigenvalue weighted by molar-refractivity contribution is 9.10. The van der Waals surface area contributed by atoms with E-state index in [-0.39, 0.29) is 0 Å². The molecule has 0 spiro atoms. The van der Waals surface area contributed by atoms with Crippen LogP contribution in [0, 0.1) is 0 Å². The van der Waals surface area contributed by atoms with Crippen LogP contribution in [-0.4, -0.2) is 27.5 Å². The summed E-state index contributed by atoms with van der Waals surface area (Å²) in [5.41, 5.74) is 7.05. The van der Waals surface area contributed by atoms with Crippen molar-refractivity contribution in [1.29, 1.82) is 0 Å². The minimum Gasteiger partial charge on any atom is -0.326 e. The summed E-state index contributed by atoms with van der Waals surface area (Å²) in [6.07, 6.45) is 23.7. The maximum atomic E-state index is 4.90. The minimum absolute atomic E-state index is 0.926. The topological polar surface area (TPSA) is 21.1 Å². The van der Waals surface area contributed by atoms with Gasteiger partial charge in [0.05, 0.1) is 5.69 Å². The molecule has 0 saturated heterocycles. The van der Waals surface area contributed by atoms with E-state index >= 15 is 0 Å². The van der Waals surface area contributed by atoms with Gasteiger partial charge in [0, 0.05) is 18.7 Å². The molecule has 2 rings (SSSR count). The van der Waals surface area contributed by atoms with Gasteiger partial charge < -0.3 is 4.57 Å². The van der Waals surface area contributed by atoms with Crippen LogP contribution in [0.1, 0.15) is 105 Å². The Bertz CT molecular complexity index is 893. The van der Waals surface area contributed by atoms with Gasteiger partial charge >= 0.3 is 0 Å². The van der Waals surface area contributed by atoms with Crippen LogP contribution in [0.25, 0.3) is 5.57 Å². The van der Waals surface area contributed by atoms with Gasteiger partial charge in [-0.15, -0.1) is 5.73 Å². The van der Waals surface area contributed by atoms with Crippen molar-refractivity contribution in [3.8, 4) is 0 Å². The van der Waals surface area contributed by atoms with Crippen LogP contribution in [0.3, 0.4) is 0 Å². The molecule has 0 atom stereocenters. The van der Waals surface area contributed by atoms with Gasteiger partial charge in [-0.1, -0.05) is 96.4 Å². The van der Waals surface area contributed by atoms with Crippen molar-refractivity contribution in [1.82, 2.24) is 14.5 Å². The smallest absolute Gasteiger partial charge is 0.141 e. The maximum absolute atomic E-state index is 4.90. The van der Waals surface area contributed by atoms with Crippen LogP contribution in [0.5, 0.6) is 0 Å². The minimum atomic E-state index is 0.926. The second-order valence-corrected chi connectivity index (χ2v) is 9.31. The van der Waals surface area contributed by atoms with E-state index in [2.05, 4.69) is 102 Å². The number of rotatable bonds is 12. The number of halogens is 1. The monoisotopic (exact) mass is 557 g/mol. The first-order chi connectivity index (χ1) is 17.5. The van der Waals surface area contributed by atoms with Gasteiger partial charge in [-0.25, -0.2) is 4.98 Å². The summed E-state index contributed by atoms with van der Waals surface area (Å²) in [5.74, 6) is 1.06. The number of unbranched alkanes of at least 4 members (excludes halogenated alkanes) is 2. The van der Waals surface area contributed by atoms with Crippen molar-refractivity contribution in [3.63, 3.8) is 0 Å². The number of nitrogens with zero attached hydrogens (tertiary/aromatic N) is 3. The lowest BCUT2D eigenvalue weighted by Crippen LogP contribution is -2.26. The zero-order chi connectivity index (χ0) is 27.2. The van der Waals surface area contributed by atoms with Crippen molar-refractivity contribution in [3.05, 3.63) is 76.0 Å². The first-order valence-corrected chi connectivity index (χ1v) is 14.9. The highest BCUT2D eigenvalue weighted by atomic mass is 79.9. The number of hydrogen-bond donors (Lipinski definition) is 0. The molecule has 0 saturated carbocycles. The Morgan fingerprint density at radius 1 is 1.17 bits per heavy atom. The second kappa shape index (κ2) is 22.3. The van der Waals surface area contributed by atoms with Gasteiger partial charge in [0.1, 0.15) is 10.4 Å². The Morgan fingerprint density at radius 3 is 2.50 bits per heavy atom. The van der Waals surface area contributed by atoms with E-state index in [9.17, 15) is 0 Å². The standard InChI is InChI=1S/C22H32BrN3.C8H14.C2H6/c1-4-7-16-25(6-3)18-20-21(23)24-22(26(20)17-8-5-2)19-14-12-10-9-11-13-15-19;1-4-6-8(3)7-5-2;1-2/h9-11,14-15H,4-8,12,16-18H2,1-3H3;4,6-7H,5H2,1-3H3;1-2H3/b10-9-,19-14+;6-4-,8-7-;. The maximum Gasteiger partial charge on any atom is 0.141 e. The third kappa shape index (κ3) is 13.4. The summed E-state index contributed by atoms with van der Waals surface area (Å²) < 4.78 is 3.40. The summed E-state index contributed by atoms with van der Waals surface area (Å²) in [6, 6.07) is 0. The van der Waals surface area contributed by atoms with E-state index < -0.39 is 0 Å². The molecule has 4 heteroatoms. The lowest BCUT2D eigenvalue weighted by molar-refractivity contribution is 0.267. The van der Waals surface area contributed by atoms with E-state index in [1.54, 1.807) is 0 Å². The molecule has 0 aromatic carbocycles. The Balaban J connectivity index is 0.00000104. The number of aromatic nitrogens is 2. The second-order valence-electron chi connectivity index (χ2n) is 8.56. The molecule has 1 aliphatic rings. The van der Waals surface area contributed by atoms with Crippen LogP contribution < -0.4 is 0 Å². The molecular weight excluding hydrogens is 506 g/mol. The van der Waals surface area contributed by atoms with E-state index in [4.69, 9.17) is 4.98 Å². The van der Waals surface area contributed by atoms with Crippen molar-refractivity contribution in [2.75, 3.05) is 13.1 Å². The predicted molar refractivity (Wildman–Crippen MR) is 165 cm³/mol. The molecule has 1 heterocycles. The van der Waals surface area contributed by atoms with Crippen LogP contribution in [0.2, 0.25) is 0 Å². The third-order valence-electron chi connectivity index (χ3n) is 5.66. The average Bonchev–Trinajstić information content (AvgIpc) is 3.16. The fourth-order valence-electron chi connectivity index (χ4n) is 3.73. The highest BCUT2D eigenvalue weighted by Crippen LogP contribution is 2.26. The summed E-state index contributed by atoms with van der Waals surface area (Å²) in [7, 11) is 0. The zero-order valence-corrected chi connectivity index (χ0v) is 26.0. The van der Waals surface area contributed by atoms with E-state index in [0.717, 1.165) is 61.4 Å². The Kier molecular flexibility index (Phi) is 21.2.